The van der Waals surface area contributed by atoms with Gasteiger partial charge >= 0.3 is 6.03 Å². The molecule has 0 aliphatic heterocycles. The van der Waals surface area contributed by atoms with Crippen LogP contribution in [0.3, 0.4) is 0 Å². The molecule has 0 aliphatic carbocycles. The third-order valence-electron chi connectivity index (χ3n) is 3.51. The molecule has 0 heterocycles. The van der Waals surface area contributed by atoms with Gasteiger partial charge in [0.1, 0.15) is 5.75 Å². The third-order valence-corrected chi connectivity index (χ3v) is 3.51. The summed E-state index contributed by atoms with van der Waals surface area (Å²) in [4.78, 5) is 12.0. The number of benzene rings is 1. The minimum absolute atomic E-state index is 0.0479. The van der Waals surface area contributed by atoms with Gasteiger partial charge in [-0.05, 0) is 50.5 Å². The van der Waals surface area contributed by atoms with Crippen molar-refractivity contribution in [2.75, 3.05) is 19.0 Å². The van der Waals surface area contributed by atoms with E-state index >= 15 is 0 Å². The van der Waals surface area contributed by atoms with Crippen LogP contribution in [-0.4, -0.2) is 30.4 Å². The number of methoxy groups -OCH3 is 1. The Hall–Kier alpha value is -1.75. The number of aryl methyl sites for hydroxylation is 1. The Morgan fingerprint density at radius 3 is 2.65 bits per heavy atom. The topological polar surface area (TPSA) is 70.6 Å². The van der Waals surface area contributed by atoms with E-state index < -0.39 is 5.54 Å². The Kier molecular flexibility index (Phi) is 5.82. The van der Waals surface area contributed by atoms with Gasteiger partial charge in [-0.1, -0.05) is 6.92 Å². The first-order valence-electron chi connectivity index (χ1n) is 6.78. The van der Waals surface area contributed by atoms with Crippen LogP contribution in [0, 0.1) is 6.92 Å². The first-order valence-corrected chi connectivity index (χ1v) is 6.78. The van der Waals surface area contributed by atoms with Gasteiger partial charge in [-0.25, -0.2) is 4.79 Å². The second-order valence-corrected chi connectivity index (χ2v) is 5.15. The fourth-order valence-electron chi connectivity index (χ4n) is 1.97. The third kappa shape index (κ3) is 4.42. The average Bonchev–Trinajstić information content (AvgIpc) is 2.39. The second kappa shape index (κ2) is 7.14. The van der Waals surface area contributed by atoms with Gasteiger partial charge in [0.15, 0.2) is 0 Å². The summed E-state index contributed by atoms with van der Waals surface area (Å²) in [7, 11) is 1.61. The zero-order valence-corrected chi connectivity index (χ0v) is 12.6. The Labute approximate surface area is 120 Å². The SMILES string of the molecule is CCC(C)(CCO)NC(=O)Nc1ccc(OC)c(C)c1. The van der Waals surface area contributed by atoms with Gasteiger partial charge in [0, 0.05) is 17.8 Å². The molecule has 1 unspecified atom stereocenters. The van der Waals surface area contributed by atoms with E-state index in [9.17, 15) is 4.79 Å². The van der Waals surface area contributed by atoms with E-state index in [0.29, 0.717) is 12.1 Å². The molecule has 1 aromatic rings. The summed E-state index contributed by atoms with van der Waals surface area (Å²) in [6.07, 6.45) is 1.28. The minimum Gasteiger partial charge on any atom is -0.496 e. The highest BCUT2D eigenvalue weighted by Gasteiger charge is 2.23. The number of carbonyl (C=O) groups is 1. The van der Waals surface area contributed by atoms with Crippen LogP contribution in [0.4, 0.5) is 10.5 Å². The molecule has 0 aromatic heterocycles. The largest absolute Gasteiger partial charge is 0.496 e. The lowest BCUT2D eigenvalue weighted by Gasteiger charge is -2.29. The maximum absolute atomic E-state index is 12.0. The summed E-state index contributed by atoms with van der Waals surface area (Å²) in [5, 5.41) is 14.7. The van der Waals surface area contributed by atoms with Gasteiger partial charge in [-0.15, -0.1) is 0 Å². The van der Waals surface area contributed by atoms with E-state index in [2.05, 4.69) is 10.6 Å². The van der Waals surface area contributed by atoms with E-state index in [0.717, 1.165) is 17.7 Å². The molecular formula is C15H24N2O3. The number of amides is 2. The number of rotatable bonds is 6. The van der Waals surface area contributed by atoms with E-state index in [1.165, 1.54) is 0 Å². The van der Waals surface area contributed by atoms with Crippen molar-refractivity contribution in [2.24, 2.45) is 0 Å². The second-order valence-electron chi connectivity index (χ2n) is 5.15. The van der Waals surface area contributed by atoms with Crippen LogP contribution in [-0.2, 0) is 0 Å². The number of urea groups is 1. The van der Waals surface area contributed by atoms with Crippen LogP contribution >= 0.6 is 0 Å². The molecule has 5 nitrogen and oxygen atoms in total. The van der Waals surface area contributed by atoms with E-state index in [4.69, 9.17) is 9.84 Å². The normalized spacial score (nSPS) is 13.4. The molecule has 3 N–H and O–H groups in total. The maximum Gasteiger partial charge on any atom is 0.319 e. The monoisotopic (exact) mass is 280 g/mol. The van der Waals surface area contributed by atoms with Crippen molar-refractivity contribution in [3.05, 3.63) is 23.8 Å². The lowest BCUT2D eigenvalue weighted by molar-refractivity contribution is 0.208. The highest BCUT2D eigenvalue weighted by atomic mass is 16.5. The van der Waals surface area contributed by atoms with Crippen molar-refractivity contribution in [1.82, 2.24) is 5.32 Å². The Morgan fingerprint density at radius 2 is 2.15 bits per heavy atom. The zero-order chi connectivity index (χ0) is 15.2. The number of hydrogen-bond acceptors (Lipinski definition) is 3. The molecule has 5 heteroatoms. The van der Waals surface area contributed by atoms with Crippen molar-refractivity contribution in [1.29, 1.82) is 0 Å². The molecular weight excluding hydrogens is 256 g/mol. The molecule has 112 valence electrons. The van der Waals surface area contributed by atoms with Crippen LogP contribution < -0.4 is 15.4 Å². The lowest BCUT2D eigenvalue weighted by atomic mass is 9.95. The molecule has 1 rings (SSSR count). The summed E-state index contributed by atoms with van der Waals surface area (Å²) < 4.78 is 5.18. The van der Waals surface area contributed by atoms with Crippen LogP contribution in [0.1, 0.15) is 32.3 Å². The molecule has 20 heavy (non-hydrogen) atoms. The number of aliphatic hydroxyl groups excluding tert-OH is 1. The molecule has 0 radical (unpaired) electrons. The number of anilines is 1. The molecule has 0 saturated carbocycles. The van der Waals surface area contributed by atoms with Crippen molar-refractivity contribution in [2.45, 2.75) is 39.2 Å². The number of nitrogens with one attached hydrogen (secondary N) is 2. The quantitative estimate of drug-likeness (QED) is 0.750. The van der Waals surface area contributed by atoms with Gasteiger partial charge in [0.2, 0.25) is 0 Å². The van der Waals surface area contributed by atoms with Crippen molar-refractivity contribution in [3.8, 4) is 5.75 Å². The number of aliphatic hydroxyl groups is 1. The van der Waals surface area contributed by atoms with Crippen LogP contribution in [0.2, 0.25) is 0 Å². The van der Waals surface area contributed by atoms with E-state index in [1.54, 1.807) is 13.2 Å². The van der Waals surface area contributed by atoms with Crippen LogP contribution in [0.5, 0.6) is 5.75 Å². The molecule has 2 amide bonds. The van der Waals surface area contributed by atoms with Crippen molar-refractivity contribution >= 4 is 11.7 Å². The van der Waals surface area contributed by atoms with Gasteiger partial charge in [0.05, 0.1) is 7.11 Å². The summed E-state index contributed by atoms with van der Waals surface area (Å²) in [5.41, 5.74) is 1.27. The highest BCUT2D eigenvalue weighted by Crippen LogP contribution is 2.21. The summed E-state index contributed by atoms with van der Waals surface area (Å²) in [6.45, 7) is 5.87. The van der Waals surface area contributed by atoms with Gasteiger partial charge < -0.3 is 20.5 Å². The number of carbonyl (C=O) groups excluding carboxylic acids is 1. The number of ether oxygens (including phenoxy) is 1. The number of hydrogen-bond donors (Lipinski definition) is 3. The van der Waals surface area contributed by atoms with Crippen molar-refractivity contribution in [3.63, 3.8) is 0 Å². The molecule has 1 atom stereocenters. The standard InChI is InChI=1S/C15H24N2O3/c1-5-15(3,8-9-18)17-14(19)16-12-6-7-13(20-4)11(2)10-12/h6-7,10,18H,5,8-9H2,1-4H3,(H2,16,17,19). The first kappa shape index (κ1) is 16.3. The summed E-state index contributed by atoms with van der Waals surface area (Å²) in [5.74, 6) is 0.787. The van der Waals surface area contributed by atoms with Crippen molar-refractivity contribution < 1.29 is 14.6 Å². The maximum atomic E-state index is 12.0. The predicted octanol–water partition coefficient (Wildman–Crippen LogP) is 2.68. The van der Waals surface area contributed by atoms with Crippen LogP contribution in [0.15, 0.2) is 18.2 Å². The molecule has 0 fully saturated rings. The fourth-order valence-corrected chi connectivity index (χ4v) is 1.97. The molecule has 0 saturated heterocycles. The Balaban J connectivity index is 2.68. The lowest BCUT2D eigenvalue weighted by Crippen LogP contribution is -2.48. The molecule has 0 bridgehead atoms. The predicted molar refractivity (Wildman–Crippen MR) is 80.3 cm³/mol. The fraction of sp³-hybridized carbons (Fsp3) is 0.533. The minimum atomic E-state index is -0.402. The highest BCUT2D eigenvalue weighted by molar-refractivity contribution is 5.90. The Bertz CT molecular complexity index is 462. The molecule has 1 aromatic carbocycles. The smallest absolute Gasteiger partial charge is 0.319 e. The van der Waals surface area contributed by atoms with E-state index in [1.807, 2.05) is 32.9 Å². The van der Waals surface area contributed by atoms with Gasteiger partial charge in [-0.2, -0.15) is 0 Å². The van der Waals surface area contributed by atoms with Crippen LogP contribution in [0.25, 0.3) is 0 Å². The van der Waals surface area contributed by atoms with E-state index in [-0.39, 0.29) is 12.6 Å². The summed E-state index contributed by atoms with van der Waals surface area (Å²) >= 11 is 0. The molecule has 0 spiro atoms. The van der Waals surface area contributed by atoms with Gasteiger partial charge in [0.25, 0.3) is 0 Å². The van der Waals surface area contributed by atoms with Gasteiger partial charge in [-0.3, -0.25) is 0 Å². The Morgan fingerprint density at radius 1 is 1.45 bits per heavy atom. The summed E-state index contributed by atoms with van der Waals surface area (Å²) in [6, 6.07) is 5.19. The first-order chi connectivity index (χ1) is 9.44. The zero-order valence-electron chi connectivity index (χ0n) is 12.6. The average molecular weight is 280 g/mol. The molecule has 0 aliphatic rings.